The number of methoxy groups -OCH3 is 1. The van der Waals surface area contributed by atoms with Crippen LogP contribution < -0.4 is 10.1 Å². The number of hydrogen-bond donors (Lipinski definition) is 1. The van der Waals surface area contributed by atoms with Crippen molar-refractivity contribution in [1.29, 1.82) is 0 Å². The van der Waals surface area contributed by atoms with Gasteiger partial charge in [-0.05, 0) is 42.5 Å². The largest absolute Gasteiger partial charge is 0.497 e. The molecular weight excluding hydrogens is 286 g/mol. The molecule has 21 heavy (non-hydrogen) atoms. The van der Waals surface area contributed by atoms with Crippen molar-refractivity contribution in [3.05, 3.63) is 64.7 Å². The predicted octanol–water partition coefficient (Wildman–Crippen LogP) is 3.13. The third-order valence-electron chi connectivity index (χ3n) is 2.75. The number of rotatable bonds is 3. The Morgan fingerprint density at radius 2 is 2.00 bits per heavy atom. The van der Waals surface area contributed by atoms with Crippen LogP contribution in [0.3, 0.4) is 0 Å². The molecule has 0 fully saturated rings. The Bertz CT molecular complexity index is 684. The van der Waals surface area contributed by atoms with E-state index >= 15 is 0 Å². The lowest BCUT2D eigenvalue weighted by Gasteiger charge is -2.03. The van der Waals surface area contributed by atoms with Crippen molar-refractivity contribution in [3.8, 4) is 17.6 Å². The smallest absolute Gasteiger partial charge is 0.252 e. The Balaban J connectivity index is 1.89. The summed E-state index contributed by atoms with van der Waals surface area (Å²) in [4.78, 5) is 11.9. The number of hydrogen-bond acceptors (Lipinski definition) is 2. The lowest BCUT2D eigenvalue weighted by molar-refractivity contribution is 0.0958. The summed E-state index contributed by atoms with van der Waals surface area (Å²) in [5.41, 5.74) is 1.39. The zero-order chi connectivity index (χ0) is 15.1. The number of benzene rings is 2. The van der Waals surface area contributed by atoms with Crippen LogP contribution in [0.1, 0.15) is 15.9 Å². The van der Waals surface area contributed by atoms with E-state index in [1.54, 1.807) is 43.5 Å². The number of amides is 1. The van der Waals surface area contributed by atoms with E-state index in [0.717, 1.165) is 5.56 Å². The zero-order valence-electron chi connectivity index (χ0n) is 11.5. The summed E-state index contributed by atoms with van der Waals surface area (Å²) in [6.07, 6.45) is 0. The summed E-state index contributed by atoms with van der Waals surface area (Å²) < 4.78 is 5.04. The molecule has 0 heterocycles. The Kier molecular flexibility index (Phi) is 5.25. The van der Waals surface area contributed by atoms with Crippen LogP contribution in [0.2, 0.25) is 5.02 Å². The van der Waals surface area contributed by atoms with E-state index in [2.05, 4.69) is 17.2 Å². The van der Waals surface area contributed by atoms with Crippen molar-refractivity contribution in [1.82, 2.24) is 5.32 Å². The SMILES string of the molecule is COc1ccc(C(=O)NCC#Cc2cccc(Cl)c2)cc1. The van der Waals surface area contributed by atoms with E-state index < -0.39 is 0 Å². The second-order valence-corrected chi connectivity index (χ2v) is 4.66. The molecule has 3 nitrogen and oxygen atoms in total. The highest BCUT2D eigenvalue weighted by Gasteiger charge is 2.03. The maximum absolute atomic E-state index is 11.9. The Labute approximate surface area is 128 Å². The highest BCUT2D eigenvalue weighted by molar-refractivity contribution is 6.30. The van der Waals surface area contributed by atoms with Gasteiger partial charge in [0, 0.05) is 16.1 Å². The zero-order valence-corrected chi connectivity index (χ0v) is 12.3. The topological polar surface area (TPSA) is 38.3 Å². The van der Waals surface area contributed by atoms with Crippen LogP contribution in [0.4, 0.5) is 0 Å². The van der Waals surface area contributed by atoms with Gasteiger partial charge in [-0.15, -0.1) is 0 Å². The summed E-state index contributed by atoms with van der Waals surface area (Å²) in [6.45, 7) is 0.275. The molecule has 0 bridgehead atoms. The molecule has 0 aromatic heterocycles. The molecule has 0 aliphatic carbocycles. The van der Waals surface area contributed by atoms with Crippen LogP contribution in [0.15, 0.2) is 48.5 Å². The van der Waals surface area contributed by atoms with Crippen LogP contribution in [0, 0.1) is 11.8 Å². The van der Waals surface area contributed by atoms with Crippen molar-refractivity contribution in [2.75, 3.05) is 13.7 Å². The first kappa shape index (κ1) is 15.0. The second-order valence-electron chi connectivity index (χ2n) is 4.22. The molecule has 0 unspecified atom stereocenters. The van der Waals surface area contributed by atoms with Gasteiger partial charge < -0.3 is 10.1 Å². The highest BCUT2D eigenvalue weighted by Crippen LogP contribution is 2.11. The minimum absolute atomic E-state index is 0.168. The van der Waals surface area contributed by atoms with Crippen LogP contribution in [0.5, 0.6) is 5.75 Å². The van der Waals surface area contributed by atoms with Crippen molar-refractivity contribution in [3.63, 3.8) is 0 Å². The first-order valence-electron chi connectivity index (χ1n) is 6.36. The standard InChI is InChI=1S/C17H14ClNO2/c1-21-16-9-7-14(8-10-16)17(20)19-11-3-5-13-4-2-6-15(18)12-13/h2,4,6-10,12H,11H2,1H3,(H,19,20). The van der Waals surface area contributed by atoms with Crippen molar-refractivity contribution in [2.45, 2.75) is 0 Å². The van der Waals surface area contributed by atoms with E-state index in [1.165, 1.54) is 0 Å². The molecule has 0 spiro atoms. The monoisotopic (exact) mass is 299 g/mol. The normalized spacial score (nSPS) is 9.43. The third kappa shape index (κ3) is 4.55. The summed E-state index contributed by atoms with van der Waals surface area (Å²) in [5.74, 6) is 6.37. The number of ether oxygens (including phenoxy) is 1. The van der Waals surface area contributed by atoms with Crippen LogP contribution in [-0.2, 0) is 0 Å². The summed E-state index contributed by atoms with van der Waals surface area (Å²) >= 11 is 5.87. The molecule has 1 N–H and O–H groups in total. The summed E-state index contributed by atoms with van der Waals surface area (Å²) in [6, 6.07) is 14.2. The number of carbonyl (C=O) groups excluding carboxylic acids is 1. The average molecular weight is 300 g/mol. The molecule has 0 aliphatic heterocycles. The van der Waals surface area contributed by atoms with Crippen molar-refractivity contribution < 1.29 is 9.53 Å². The molecule has 2 aromatic carbocycles. The highest BCUT2D eigenvalue weighted by atomic mass is 35.5. The van der Waals surface area contributed by atoms with E-state index in [9.17, 15) is 4.79 Å². The van der Waals surface area contributed by atoms with Gasteiger partial charge in [-0.3, -0.25) is 4.79 Å². The van der Waals surface area contributed by atoms with Gasteiger partial charge >= 0.3 is 0 Å². The molecule has 4 heteroatoms. The fourth-order valence-corrected chi connectivity index (χ4v) is 1.87. The predicted molar refractivity (Wildman–Crippen MR) is 83.7 cm³/mol. The molecule has 0 saturated heterocycles. The lowest BCUT2D eigenvalue weighted by atomic mass is 10.2. The fourth-order valence-electron chi connectivity index (χ4n) is 1.68. The first-order chi connectivity index (χ1) is 10.2. The quantitative estimate of drug-likeness (QED) is 0.884. The number of carbonyl (C=O) groups is 1. The Morgan fingerprint density at radius 3 is 2.67 bits per heavy atom. The molecule has 106 valence electrons. The summed E-state index contributed by atoms with van der Waals surface area (Å²) in [7, 11) is 1.58. The molecule has 0 radical (unpaired) electrons. The first-order valence-corrected chi connectivity index (χ1v) is 6.73. The molecule has 0 aliphatic rings. The van der Waals surface area contributed by atoms with Crippen molar-refractivity contribution in [2.24, 2.45) is 0 Å². The van der Waals surface area contributed by atoms with Crippen LogP contribution >= 0.6 is 11.6 Å². The fraction of sp³-hybridized carbons (Fsp3) is 0.118. The maximum Gasteiger partial charge on any atom is 0.252 e. The Morgan fingerprint density at radius 1 is 1.24 bits per heavy atom. The van der Waals surface area contributed by atoms with Gasteiger partial charge in [-0.1, -0.05) is 29.5 Å². The Hall–Kier alpha value is -2.44. The molecule has 1 amide bonds. The third-order valence-corrected chi connectivity index (χ3v) is 2.98. The maximum atomic E-state index is 11.9. The molecule has 0 atom stereocenters. The van der Waals surface area contributed by atoms with Crippen LogP contribution in [0.25, 0.3) is 0 Å². The summed E-state index contributed by atoms with van der Waals surface area (Å²) in [5, 5.41) is 3.38. The van der Waals surface area contributed by atoms with E-state index in [4.69, 9.17) is 16.3 Å². The lowest BCUT2D eigenvalue weighted by Crippen LogP contribution is -2.23. The van der Waals surface area contributed by atoms with E-state index in [-0.39, 0.29) is 12.5 Å². The minimum Gasteiger partial charge on any atom is -0.497 e. The molecule has 0 saturated carbocycles. The van der Waals surface area contributed by atoms with Gasteiger partial charge in [0.05, 0.1) is 13.7 Å². The van der Waals surface area contributed by atoms with Gasteiger partial charge in [0.25, 0.3) is 5.91 Å². The molecular formula is C17H14ClNO2. The van der Waals surface area contributed by atoms with Gasteiger partial charge in [-0.25, -0.2) is 0 Å². The molecule has 2 aromatic rings. The van der Waals surface area contributed by atoms with Gasteiger partial charge in [-0.2, -0.15) is 0 Å². The van der Waals surface area contributed by atoms with E-state index in [0.29, 0.717) is 16.3 Å². The average Bonchev–Trinajstić information content (AvgIpc) is 2.51. The van der Waals surface area contributed by atoms with Gasteiger partial charge in [0.2, 0.25) is 0 Å². The van der Waals surface area contributed by atoms with Gasteiger partial charge in [0.1, 0.15) is 5.75 Å². The minimum atomic E-state index is -0.168. The second kappa shape index (κ2) is 7.37. The molecule has 2 rings (SSSR count). The number of nitrogens with one attached hydrogen (secondary N) is 1. The van der Waals surface area contributed by atoms with E-state index in [1.807, 2.05) is 12.1 Å². The number of halogens is 1. The van der Waals surface area contributed by atoms with Crippen LogP contribution in [-0.4, -0.2) is 19.6 Å². The van der Waals surface area contributed by atoms with Gasteiger partial charge in [0.15, 0.2) is 0 Å². The van der Waals surface area contributed by atoms with Crippen molar-refractivity contribution >= 4 is 17.5 Å².